The minimum absolute atomic E-state index is 0.0496. The van der Waals surface area contributed by atoms with Crippen LogP contribution in [0.15, 0.2) is 42.5 Å². The van der Waals surface area contributed by atoms with Crippen LogP contribution in [0.5, 0.6) is 0 Å². The summed E-state index contributed by atoms with van der Waals surface area (Å²) in [6.07, 6.45) is 0.931. The number of hydrogen-bond acceptors (Lipinski definition) is 2. The van der Waals surface area contributed by atoms with Crippen molar-refractivity contribution in [2.45, 2.75) is 20.3 Å². The fourth-order valence-corrected chi connectivity index (χ4v) is 1.90. The molecule has 0 aliphatic heterocycles. The first-order valence-electron chi connectivity index (χ1n) is 6.53. The number of amides is 1. The number of rotatable bonds is 4. The summed E-state index contributed by atoms with van der Waals surface area (Å²) in [6, 6.07) is 13.7. The Morgan fingerprint density at radius 1 is 1.16 bits per heavy atom. The van der Waals surface area contributed by atoms with Crippen molar-refractivity contribution >= 4 is 5.91 Å². The molecule has 3 nitrogen and oxygen atoms in total. The van der Waals surface area contributed by atoms with Crippen LogP contribution in [-0.4, -0.2) is 17.4 Å². The second-order valence-electron chi connectivity index (χ2n) is 4.45. The van der Waals surface area contributed by atoms with E-state index in [0.717, 1.165) is 23.4 Å². The summed E-state index contributed by atoms with van der Waals surface area (Å²) in [7, 11) is 0. The number of hydrogen-bond donors (Lipinski definition) is 1. The monoisotopic (exact) mass is 254 g/mol. The molecule has 0 radical (unpaired) electrons. The number of benzene rings is 1. The van der Waals surface area contributed by atoms with E-state index in [4.69, 9.17) is 0 Å². The third kappa shape index (κ3) is 3.19. The predicted molar refractivity (Wildman–Crippen MR) is 77.0 cm³/mol. The number of carbonyl (C=O) groups is 1. The summed E-state index contributed by atoms with van der Waals surface area (Å²) in [4.78, 5) is 16.4. The van der Waals surface area contributed by atoms with E-state index >= 15 is 0 Å². The summed E-state index contributed by atoms with van der Waals surface area (Å²) < 4.78 is 0. The topological polar surface area (TPSA) is 42.0 Å². The Balaban J connectivity index is 2.25. The molecule has 0 fully saturated rings. The molecule has 0 saturated carbocycles. The third-order valence-corrected chi connectivity index (χ3v) is 2.94. The van der Waals surface area contributed by atoms with Gasteiger partial charge in [0.1, 0.15) is 0 Å². The van der Waals surface area contributed by atoms with Crippen molar-refractivity contribution in [1.29, 1.82) is 0 Å². The lowest BCUT2D eigenvalue weighted by molar-refractivity contribution is 0.0952. The Hall–Kier alpha value is -2.16. The molecule has 0 aliphatic rings. The predicted octanol–water partition coefficient (Wildman–Crippen LogP) is 3.20. The van der Waals surface area contributed by atoms with E-state index in [1.807, 2.05) is 56.3 Å². The zero-order chi connectivity index (χ0) is 13.7. The second-order valence-corrected chi connectivity index (χ2v) is 4.45. The maximum absolute atomic E-state index is 11.9. The van der Waals surface area contributed by atoms with Crippen LogP contribution in [-0.2, 0) is 0 Å². The normalized spacial score (nSPS) is 10.2. The molecule has 0 bridgehead atoms. The Morgan fingerprint density at radius 3 is 2.53 bits per heavy atom. The van der Waals surface area contributed by atoms with Gasteiger partial charge in [0.15, 0.2) is 0 Å². The van der Waals surface area contributed by atoms with E-state index in [0.29, 0.717) is 12.1 Å². The molecule has 2 rings (SSSR count). The minimum Gasteiger partial charge on any atom is -0.352 e. The van der Waals surface area contributed by atoms with Crippen molar-refractivity contribution in [3.05, 3.63) is 53.7 Å². The molecule has 19 heavy (non-hydrogen) atoms. The highest BCUT2D eigenvalue weighted by Crippen LogP contribution is 2.18. The van der Waals surface area contributed by atoms with Gasteiger partial charge >= 0.3 is 0 Å². The molecular weight excluding hydrogens is 236 g/mol. The van der Waals surface area contributed by atoms with Gasteiger partial charge in [0, 0.05) is 12.1 Å². The van der Waals surface area contributed by atoms with Crippen LogP contribution in [0.4, 0.5) is 0 Å². The lowest BCUT2D eigenvalue weighted by Crippen LogP contribution is -2.25. The molecule has 0 spiro atoms. The van der Waals surface area contributed by atoms with Crippen molar-refractivity contribution in [3.8, 4) is 11.3 Å². The van der Waals surface area contributed by atoms with Gasteiger partial charge < -0.3 is 5.32 Å². The molecule has 1 heterocycles. The van der Waals surface area contributed by atoms with Crippen LogP contribution in [0.2, 0.25) is 0 Å². The molecule has 1 N–H and O–H groups in total. The highest BCUT2D eigenvalue weighted by Gasteiger charge is 2.10. The van der Waals surface area contributed by atoms with E-state index in [1.54, 1.807) is 0 Å². The van der Waals surface area contributed by atoms with Crippen LogP contribution < -0.4 is 5.32 Å². The van der Waals surface area contributed by atoms with Crippen molar-refractivity contribution in [3.63, 3.8) is 0 Å². The van der Waals surface area contributed by atoms with E-state index in [9.17, 15) is 4.79 Å². The van der Waals surface area contributed by atoms with Gasteiger partial charge in [-0.2, -0.15) is 0 Å². The second kappa shape index (κ2) is 6.14. The maximum atomic E-state index is 11.9. The molecular formula is C16H18N2O. The number of aryl methyl sites for hydroxylation is 1. The van der Waals surface area contributed by atoms with E-state index in [-0.39, 0.29) is 5.91 Å². The fraction of sp³-hybridized carbons (Fsp3) is 0.250. The number of nitrogens with one attached hydrogen (secondary N) is 1. The molecule has 0 unspecified atom stereocenters. The highest BCUT2D eigenvalue weighted by atomic mass is 16.1. The van der Waals surface area contributed by atoms with Crippen LogP contribution in [0, 0.1) is 6.92 Å². The molecule has 1 amide bonds. The molecule has 1 aromatic carbocycles. The average molecular weight is 254 g/mol. The summed E-state index contributed by atoms with van der Waals surface area (Å²) in [5.74, 6) is -0.0496. The fourth-order valence-electron chi connectivity index (χ4n) is 1.90. The lowest BCUT2D eigenvalue weighted by Gasteiger charge is -2.08. The Labute approximate surface area is 113 Å². The molecule has 1 aromatic heterocycles. The molecule has 98 valence electrons. The molecule has 0 saturated heterocycles. The van der Waals surface area contributed by atoms with Gasteiger partial charge in [-0.1, -0.05) is 37.3 Å². The molecule has 0 aliphatic carbocycles. The molecule has 0 atom stereocenters. The number of aromatic nitrogens is 1. The van der Waals surface area contributed by atoms with Crippen LogP contribution in [0.3, 0.4) is 0 Å². The summed E-state index contributed by atoms with van der Waals surface area (Å²) in [5, 5.41) is 2.87. The van der Waals surface area contributed by atoms with E-state index < -0.39 is 0 Å². The maximum Gasteiger partial charge on any atom is 0.253 e. The summed E-state index contributed by atoms with van der Waals surface area (Å²) >= 11 is 0. The van der Waals surface area contributed by atoms with Gasteiger partial charge in [0.2, 0.25) is 0 Å². The summed E-state index contributed by atoms with van der Waals surface area (Å²) in [5.41, 5.74) is 3.36. The zero-order valence-corrected chi connectivity index (χ0v) is 11.3. The van der Waals surface area contributed by atoms with Gasteiger partial charge in [0.05, 0.1) is 17.0 Å². The van der Waals surface area contributed by atoms with Gasteiger partial charge in [-0.3, -0.25) is 9.78 Å². The molecule has 3 heteroatoms. The average Bonchev–Trinajstić information content (AvgIpc) is 2.45. The Bertz CT molecular complexity index is 564. The Kier molecular flexibility index (Phi) is 4.29. The SMILES string of the molecule is CCCNC(=O)c1ccc(-c2ccccc2)nc1C. The van der Waals surface area contributed by atoms with Crippen molar-refractivity contribution in [2.24, 2.45) is 0 Å². The van der Waals surface area contributed by atoms with Gasteiger partial charge in [-0.15, -0.1) is 0 Å². The number of carbonyl (C=O) groups excluding carboxylic acids is 1. The number of pyridine rings is 1. The quantitative estimate of drug-likeness (QED) is 0.910. The van der Waals surface area contributed by atoms with Crippen LogP contribution in [0.25, 0.3) is 11.3 Å². The van der Waals surface area contributed by atoms with Gasteiger partial charge in [-0.25, -0.2) is 0 Å². The third-order valence-electron chi connectivity index (χ3n) is 2.94. The summed E-state index contributed by atoms with van der Waals surface area (Å²) in [6.45, 7) is 4.59. The van der Waals surface area contributed by atoms with Crippen molar-refractivity contribution in [2.75, 3.05) is 6.54 Å². The molecule has 2 aromatic rings. The van der Waals surface area contributed by atoms with E-state index in [2.05, 4.69) is 10.3 Å². The van der Waals surface area contributed by atoms with Gasteiger partial charge in [0.25, 0.3) is 5.91 Å². The zero-order valence-electron chi connectivity index (χ0n) is 11.3. The van der Waals surface area contributed by atoms with Crippen LogP contribution in [0.1, 0.15) is 29.4 Å². The van der Waals surface area contributed by atoms with Crippen molar-refractivity contribution in [1.82, 2.24) is 10.3 Å². The first-order chi connectivity index (χ1) is 9.22. The first-order valence-corrected chi connectivity index (χ1v) is 6.53. The smallest absolute Gasteiger partial charge is 0.253 e. The van der Waals surface area contributed by atoms with Gasteiger partial charge in [-0.05, 0) is 25.5 Å². The largest absolute Gasteiger partial charge is 0.352 e. The lowest BCUT2D eigenvalue weighted by atomic mass is 10.1. The van der Waals surface area contributed by atoms with Crippen molar-refractivity contribution < 1.29 is 4.79 Å². The Morgan fingerprint density at radius 2 is 1.89 bits per heavy atom. The minimum atomic E-state index is -0.0496. The highest BCUT2D eigenvalue weighted by molar-refractivity contribution is 5.95. The first kappa shape index (κ1) is 13.3. The van der Waals surface area contributed by atoms with Crippen LogP contribution >= 0.6 is 0 Å². The number of nitrogens with zero attached hydrogens (tertiary/aromatic N) is 1. The standard InChI is InChI=1S/C16H18N2O/c1-3-11-17-16(19)14-9-10-15(18-12(14)2)13-7-5-4-6-8-13/h4-10H,3,11H2,1-2H3,(H,17,19). The van der Waals surface area contributed by atoms with E-state index in [1.165, 1.54) is 0 Å².